The third-order valence-electron chi connectivity index (χ3n) is 4.57. The Balaban J connectivity index is 2.05. The Bertz CT molecular complexity index is 633. The molecule has 1 heterocycles. The second kappa shape index (κ2) is 6.29. The van der Waals surface area contributed by atoms with Gasteiger partial charge in [-0.3, -0.25) is 4.68 Å². The third kappa shape index (κ3) is 4.08. The molecule has 1 aromatic heterocycles. The van der Waals surface area contributed by atoms with Gasteiger partial charge in [0.1, 0.15) is 9.84 Å². The summed E-state index contributed by atoms with van der Waals surface area (Å²) >= 11 is 0. The summed E-state index contributed by atoms with van der Waals surface area (Å²) in [6.45, 7) is 6.92. The predicted octanol–water partition coefficient (Wildman–Crippen LogP) is 1.11. The summed E-state index contributed by atoms with van der Waals surface area (Å²) in [4.78, 5) is 0. The monoisotopic (exact) mass is 329 g/mol. The van der Waals surface area contributed by atoms with Crippen molar-refractivity contribution < 1.29 is 13.5 Å². The highest BCUT2D eigenvalue weighted by Crippen LogP contribution is 2.31. The predicted molar refractivity (Wildman–Crippen MR) is 86.6 cm³/mol. The van der Waals surface area contributed by atoms with Gasteiger partial charge in [0.05, 0.1) is 23.6 Å². The zero-order valence-corrected chi connectivity index (χ0v) is 14.7. The Morgan fingerprint density at radius 2 is 2.05 bits per heavy atom. The van der Waals surface area contributed by atoms with Crippen molar-refractivity contribution in [3.05, 3.63) is 17.0 Å². The molecular formula is C15H27N3O3S. The lowest BCUT2D eigenvalue weighted by atomic mass is 9.80. The Labute approximate surface area is 132 Å². The summed E-state index contributed by atoms with van der Waals surface area (Å²) in [7, 11) is -3.00. The number of hydrogen-bond donors (Lipinski definition) is 2. The molecule has 1 fully saturated rings. The van der Waals surface area contributed by atoms with Crippen LogP contribution in [0.2, 0.25) is 0 Å². The Kier molecular flexibility index (Phi) is 4.99. The number of nitrogens with zero attached hydrogens (tertiary/aromatic N) is 2. The van der Waals surface area contributed by atoms with Crippen LogP contribution >= 0.6 is 0 Å². The van der Waals surface area contributed by atoms with Crippen molar-refractivity contribution in [2.75, 3.05) is 18.6 Å². The Hall–Kier alpha value is -0.920. The lowest BCUT2D eigenvalue weighted by Crippen LogP contribution is -2.46. The number of rotatable bonds is 7. The van der Waals surface area contributed by atoms with E-state index in [4.69, 9.17) is 0 Å². The van der Waals surface area contributed by atoms with E-state index in [2.05, 4.69) is 17.3 Å². The van der Waals surface area contributed by atoms with Crippen LogP contribution in [0, 0.1) is 13.8 Å². The maximum absolute atomic E-state index is 11.3. The van der Waals surface area contributed by atoms with Gasteiger partial charge in [0.15, 0.2) is 0 Å². The van der Waals surface area contributed by atoms with Crippen LogP contribution in [-0.2, 0) is 16.4 Å². The van der Waals surface area contributed by atoms with Gasteiger partial charge in [0, 0.05) is 30.1 Å². The van der Waals surface area contributed by atoms with Gasteiger partial charge in [-0.2, -0.15) is 5.10 Å². The molecule has 0 aliphatic heterocycles. The zero-order valence-electron chi connectivity index (χ0n) is 13.9. The van der Waals surface area contributed by atoms with Crippen molar-refractivity contribution in [1.82, 2.24) is 15.1 Å². The number of aryl methyl sites for hydroxylation is 2. The average molecular weight is 329 g/mol. The van der Waals surface area contributed by atoms with Crippen LogP contribution in [0.15, 0.2) is 0 Å². The van der Waals surface area contributed by atoms with Gasteiger partial charge in [-0.1, -0.05) is 0 Å². The average Bonchev–Trinajstić information content (AvgIpc) is 2.65. The van der Waals surface area contributed by atoms with Gasteiger partial charge in [0.25, 0.3) is 0 Å². The van der Waals surface area contributed by atoms with E-state index < -0.39 is 15.4 Å². The summed E-state index contributed by atoms with van der Waals surface area (Å²) in [6.07, 6.45) is 4.05. The maximum Gasteiger partial charge on any atom is 0.149 e. The summed E-state index contributed by atoms with van der Waals surface area (Å²) in [5.41, 5.74) is 2.44. The molecule has 7 heteroatoms. The van der Waals surface area contributed by atoms with Crippen LogP contribution in [0.25, 0.3) is 0 Å². The van der Waals surface area contributed by atoms with Crippen LogP contribution in [-0.4, -0.2) is 47.5 Å². The highest BCUT2D eigenvalue weighted by molar-refractivity contribution is 7.90. The number of nitrogens with one attached hydrogen (secondary N) is 1. The highest BCUT2D eigenvalue weighted by atomic mass is 32.2. The van der Waals surface area contributed by atoms with E-state index in [1.807, 2.05) is 13.8 Å². The third-order valence-corrected chi connectivity index (χ3v) is 5.49. The summed E-state index contributed by atoms with van der Waals surface area (Å²) in [6, 6.07) is 0.0802. The molecule has 2 N–H and O–H groups in total. The van der Waals surface area contributed by atoms with E-state index in [-0.39, 0.29) is 11.8 Å². The van der Waals surface area contributed by atoms with E-state index in [1.165, 1.54) is 6.26 Å². The quantitative estimate of drug-likeness (QED) is 0.783. The van der Waals surface area contributed by atoms with Crippen LogP contribution in [0.3, 0.4) is 0 Å². The minimum Gasteiger partial charge on any atom is -0.389 e. The Morgan fingerprint density at radius 3 is 2.55 bits per heavy atom. The molecule has 0 aromatic carbocycles. The molecule has 22 heavy (non-hydrogen) atoms. The topological polar surface area (TPSA) is 84.2 Å². The van der Waals surface area contributed by atoms with Gasteiger partial charge in [-0.25, -0.2) is 8.42 Å². The minimum atomic E-state index is -3.00. The lowest BCUT2D eigenvalue weighted by molar-refractivity contribution is -0.0329. The fraction of sp³-hybridized carbons (Fsp3) is 0.800. The van der Waals surface area contributed by atoms with Gasteiger partial charge < -0.3 is 10.4 Å². The molecule has 1 saturated carbocycles. The van der Waals surface area contributed by atoms with Crippen molar-refractivity contribution in [2.24, 2.45) is 0 Å². The zero-order chi connectivity index (χ0) is 16.5. The van der Waals surface area contributed by atoms with Gasteiger partial charge in [-0.15, -0.1) is 0 Å². The van der Waals surface area contributed by atoms with Crippen molar-refractivity contribution in [2.45, 2.75) is 58.2 Å². The first-order chi connectivity index (χ1) is 10.1. The Morgan fingerprint density at radius 1 is 1.41 bits per heavy atom. The van der Waals surface area contributed by atoms with E-state index in [0.717, 1.165) is 36.2 Å². The molecule has 6 nitrogen and oxygen atoms in total. The molecular weight excluding hydrogens is 302 g/mol. The SMILES string of the molecule is Cc1nn(CCS(C)(=O)=O)c(C)c1C(C)NCC1(O)CCC1. The fourth-order valence-electron chi connectivity index (χ4n) is 3.01. The largest absolute Gasteiger partial charge is 0.389 e. The van der Waals surface area contributed by atoms with Crippen LogP contribution in [0.4, 0.5) is 0 Å². The second-order valence-corrected chi connectivity index (χ2v) is 8.88. The molecule has 0 radical (unpaired) electrons. The molecule has 0 saturated heterocycles. The van der Waals surface area contributed by atoms with E-state index in [9.17, 15) is 13.5 Å². The van der Waals surface area contributed by atoms with Gasteiger partial charge in [0.2, 0.25) is 0 Å². The van der Waals surface area contributed by atoms with Crippen molar-refractivity contribution in [3.8, 4) is 0 Å². The first-order valence-corrected chi connectivity index (χ1v) is 9.85. The van der Waals surface area contributed by atoms with Gasteiger partial charge in [-0.05, 0) is 40.0 Å². The molecule has 0 amide bonds. The molecule has 1 unspecified atom stereocenters. The number of hydrogen-bond acceptors (Lipinski definition) is 5. The molecule has 1 aliphatic carbocycles. The van der Waals surface area contributed by atoms with Crippen molar-refractivity contribution in [1.29, 1.82) is 0 Å². The van der Waals surface area contributed by atoms with E-state index in [0.29, 0.717) is 13.1 Å². The smallest absolute Gasteiger partial charge is 0.149 e. The first-order valence-electron chi connectivity index (χ1n) is 7.79. The lowest BCUT2D eigenvalue weighted by Gasteiger charge is -2.37. The normalized spacial score (nSPS) is 19.0. The van der Waals surface area contributed by atoms with Crippen LogP contribution in [0.1, 0.15) is 49.2 Å². The van der Waals surface area contributed by atoms with E-state index >= 15 is 0 Å². The molecule has 1 aromatic rings. The fourth-order valence-corrected chi connectivity index (χ4v) is 3.52. The minimum absolute atomic E-state index is 0.0802. The molecule has 1 atom stereocenters. The molecule has 1 aliphatic rings. The standard InChI is InChI=1S/C15H27N3O3S/c1-11(16-10-15(19)6-5-7-15)14-12(2)17-18(13(14)3)8-9-22(4,20)21/h11,16,19H,5-10H2,1-4H3. The highest BCUT2D eigenvalue weighted by Gasteiger charge is 2.34. The van der Waals surface area contributed by atoms with Crippen molar-refractivity contribution >= 4 is 9.84 Å². The number of aromatic nitrogens is 2. The molecule has 126 valence electrons. The maximum atomic E-state index is 11.3. The molecule has 0 spiro atoms. The second-order valence-electron chi connectivity index (χ2n) is 6.62. The van der Waals surface area contributed by atoms with E-state index in [1.54, 1.807) is 4.68 Å². The molecule has 0 bridgehead atoms. The number of aliphatic hydroxyl groups is 1. The van der Waals surface area contributed by atoms with Crippen LogP contribution < -0.4 is 5.32 Å². The summed E-state index contributed by atoms with van der Waals surface area (Å²) in [5, 5.41) is 18.0. The van der Waals surface area contributed by atoms with Crippen LogP contribution in [0.5, 0.6) is 0 Å². The first kappa shape index (κ1) is 17.4. The van der Waals surface area contributed by atoms with Gasteiger partial charge >= 0.3 is 0 Å². The number of sulfone groups is 1. The van der Waals surface area contributed by atoms with Crippen molar-refractivity contribution in [3.63, 3.8) is 0 Å². The summed E-state index contributed by atoms with van der Waals surface area (Å²) < 4.78 is 24.4. The summed E-state index contributed by atoms with van der Waals surface area (Å²) in [5.74, 6) is 0.0932. The molecule has 2 rings (SSSR count).